The third kappa shape index (κ3) is 3.15. The second kappa shape index (κ2) is 6.80. The van der Waals surface area contributed by atoms with Crippen molar-refractivity contribution in [1.29, 1.82) is 0 Å². The summed E-state index contributed by atoms with van der Waals surface area (Å²) in [7, 11) is 1.69. The topological polar surface area (TPSA) is 73.7 Å². The molecule has 0 fully saturated rings. The fourth-order valence-corrected chi connectivity index (χ4v) is 3.56. The first kappa shape index (κ1) is 16.6. The Morgan fingerprint density at radius 3 is 3.00 bits per heavy atom. The van der Waals surface area contributed by atoms with Crippen molar-refractivity contribution in [3.8, 4) is 11.5 Å². The Morgan fingerprint density at radius 1 is 1.35 bits per heavy atom. The molecule has 1 atom stereocenters. The maximum absolute atomic E-state index is 12.5. The van der Waals surface area contributed by atoms with E-state index in [-0.39, 0.29) is 24.1 Å². The largest absolute Gasteiger partial charge is 0.486 e. The molecular formula is C18H17N3O4S. The smallest absolute Gasteiger partial charge is 0.262 e. The van der Waals surface area contributed by atoms with Crippen LogP contribution in [0.15, 0.2) is 46.8 Å². The summed E-state index contributed by atoms with van der Waals surface area (Å²) >= 11 is 1.40. The van der Waals surface area contributed by atoms with E-state index < -0.39 is 0 Å². The minimum absolute atomic E-state index is 0.0573. The molecule has 4 rings (SSSR count). The molecule has 0 N–H and O–H groups in total. The predicted molar refractivity (Wildman–Crippen MR) is 97.9 cm³/mol. The average Bonchev–Trinajstić information content (AvgIpc) is 3.13. The van der Waals surface area contributed by atoms with Crippen molar-refractivity contribution >= 4 is 27.5 Å². The molecule has 0 radical (unpaired) electrons. The molecule has 8 heteroatoms. The van der Waals surface area contributed by atoms with Crippen LogP contribution in [0.2, 0.25) is 0 Å². The summed E-state index contributed by atoms with van der Waals surface area (Å²) in [5.74, 6) is 1.19. The number of benzene rings is 1. The fraction of sp³-hybridized carbons (Fsp3) is 0.278. The van der Waals surface area contributed by atoms with E-state index in [0.29, 0.717) is 34.9 Å². The molecule has 2 aromatic heterocycles. The molecule has 0 bridgehead atoms. The molecule has 1 aromatic carbocycles. The Hall–Kier alpha value is -2.87. The van der Waals surface area contributed by atoms with Crippen LogP contribution < -0.4 is 15.0 Å². The van der Waals surface area contributed by atoms with Gasteiger partial charge in [0.25, 0.3) is 5.56 Å². The van der Waals surface area contributed by atoms with Crippen LogP contribution >= 0.6 is 11.3 Å². The molecule has 0 spiro atoms. The van der Waals surface area contributed by atoms with Crippen LogP contribution in [-0.2, 0) is 11.3 Å². The van der Waals surface area contributed by atoms with Gasteiger partial charge in [-0.1, -0.05) is 12.1 Å². The van der Waals surface area contributed by atoms with Gasteiger partial charge in [0.1, 0.15) is 18.0 Å². The second-order valence-corrected chi connectivity index (χ2v) is 6.98. The number of likely N-dealkylation sites (N-methyl/N-ethyl adjacent to an activating group) is 1. The average molecular weight is 371 g/mol. The highest BCUT2D eigenvalue weighted by Gasteiger charge is 2.24. The van der Waals surface area contributed by atoms with Crippen LogP contribution in [0, 0.1) is 0 Å². The van der Waals surface area contributed by atoms with Crippen molar-refractivity contribution in [3.63, 3.8) is 0 Å². The number of carbonyl (C=O) groups is 1. The number of amides is 1. The normalized spacial score (nSPS) is 15.8. The molecule has 0 saturated carbocycles. The zero-order chi connectivity index (χ0) is 18.1. The van der Waals surface area contributed by atoms with E-state index in [1.54, 1.807) is 18.0 Å². The standard InChI is InChI=1S/C18H17N3O4S/c1-20(8-12-10-24-14-4-2-3-5-15(14)25-12)16(22)9-21-11-19-17-13(18(21)23)6-7-26-17/h2-7,11-12H,8-10H2,1H3. The Bertz CT molecular complexity index is 1010. The van der Waals surface area contributed by atoms with Gasteiger partial charge in [-0.15, -0.1) is 11.3 Å². The van der Waals surface area contributed by atoms with Gasteiger partial charge in [0.15, 0.2) is 17.6 Å². The van der Waals surface area contributed by atoms with E-state index in [0.717, 1.165) is 0 Å². The number of thiophene rings is 1. The van der Waals surface area contributed by atoms with Gasteiger partial charge in [0, 0.05) is 7.05 Å². The summed E-state index contributed by atoms with van der Waals surface area (Å²) < 4.78 is 12.9. The first-order valence-corrected chi connectivity index (χ1v) is 9.05. The molecule has 1 amide bonds. The lowest BCUT2D eigenvalue weighted by molar-refractivity contribution is -0.132. The van der Waals surface area contributed by atoms with Gasteiger partial charge in [0.05, 0.1) is 18.3 Å². The number of hydrogen-bond donors (Lipinski definition) is 0. The van der Waals surface area contributed by atoms with Crippen LogP contribution in [0.4, 0.5) is 0 Å². The van der Waals surface area contributed by atoms with Gasteiger partial charge in [-0.2, -0.15) is 0 Å². The highest BCUT2D eigenvalue weighted by Crippen LogP contribution is 2.30. The summed E-state index contributed by atoms with van der Waals surface area (Å²) in [6.45, 7) is 0.686. The van der Waals surface area contributed by atoms with Gasteiger partial charge in [-0.05, 0) is 23.6 Å². The maximum atomic E-state index is 12.5. The van der Waals surface area contributed by atoms with Gasteiger partial charge < -0.3 is 14.4 Å². The zero-order valence-electron chi connectivity index (χ0n) is 14.1. The Balaban J connectivity index is 1.42. The van der Waals surface area contributed by atoms with Crippen LogP contribution in [-0.4, -0.2) is 46.7 Å². The third-order valence-electron chi connectivity index (χ3n) is 4.23. The number of para-hydroxylation sites is 2. The van der Waals surface area contributed by atoms with Gasteiger partial charge in [-0.25, -0.2) is 4.98 Å². The molecule has 3 heterocycles. The number of nitrogens with zero attached hydrogens (tertiary/aromatic N) is 3. The lowest BCUT2D eigenvalue weighted by Gasteiger charge is -2.29. The number of carbonyl (C=O) groups excluding carboxylic acids is 1. The number of ether oxygens (including phenoxy) is 2. The van der Waals surface area contributed by atoms with E-state index in [4.69, 9.17) is 9.47 Å². The monoisotopic (exact) mass is 371 g/mol. The van der Waals surface area contributed by atoms with Crippen LogP contribution in [0.3, 0.4) is 0 Å². The molecular weight excluding hydrogens is 354 g/mol. The molecule has 7 nitrogen and oxygen atoms in total. The Labute approximate surface area is 153 Å². The third-order valence-corrected chi connectivity index (χ3v) is 5.05. The fourth-order valence-electron chi connectivity index (χ4n) is 2.83. The van der Waals surface area contributed by atoms with Crippen molar-refractivity contribution in [3.05, 3.63) is 52.4 Å². The van der Waals surface area contributed by atoms with Crippen LogP contribution in [0.25, 0.3) is 10.2 Å². The summed E-state index contributed by atoms with van der Waals surface area (Å²) in [6, 6.07) is 9.17. The Morgan fingerprint density at radius 2 is 2.15 bits per heavy atom. The molecule has 3 aromatic rings. The van der Waals surface area contributed by atoms with E-state index in [2.05, 4.69) is 4.98 Å². The van der Waals surface area contributed by atoms with Crippen molar-refractivity contribution < 1.29 is 14.3 Å². The summed E-state index contributed by atoms with van der Waals surface area (Å²) in [5.41, 5.74) is -0.204. The zero-order valence-corrected chi connectivity index (χ0v) is 14.9. The molecule has 0 saturated heterocycles. The molecule has 1 aliphatic rings. The minimum atomic E-state index is -0.256. The summed E-state index contributed by atoms with van der Waals surface area (Å²) in [6.07, 6.45) is 1.16. The van der Waals surface area contributed by atoms with E-state index in [1.807, 2.05) is 29.6 Å². The van der Waals surface area contributed by atoms with Crippen molar-refractivity contribution in [2.24, 2.45) is 0 Å². The second-order valence-electron chi connectivity index (χ2n) is 6.09. The van der Waals surface area contributed by atoms with Crippen LogP contribution in [0.5, 0.6) is 11.5 Å². The maximum Gasteiger partial charge on any atom is 0.262 e. The van der Waals surface area contributed by atoms with Gasteiger partial charge >= 0.3 is 0 Å². The van der Waals surface area contributed by atoms with Gasteiger partial charge in [0.2, 0.25) is 5.91 Å². The first-order chi connectivity index (χ1) is 12.6. The van der Waals surface area contributed by atoms with Crippen molar-refractivity contribution in [1.82, 2.24) is 14.5 Å². The predicted octanol–water partition coefficient (Wildman–Crippen LogP) is 1.76. The van der Waals surface area contributed by atoms with Crippen LogP contribution in [0.1, 0.15) is 0 Å². The molecule has 134 valence electrons. The number of rotatable bonds is 4. The highest BCUT2D eigenvalue weighted by atomic mass is 32.1. The van der Waals surface area contributed by atoms with Crippen molar-refractivity contribution in [2.75, 3.05) is 20.2 Å². The quantitative estimate of drug-likeness (QED) is 0.699. The SMILES string of the molecule is CN(CC1COc2ccccc2O1)C(=O)Cn1cnc2sccc2c1=O. The van der Waals surface area contributed by atoms with Gasteiger partial charge in [-0.3, -0.25) is 14.2 Å². The molecule has 1 aliphatic heterocycles. The number of fused-ring (bicyclic) bond motifs is 2. The lowest BCUT2D eigenvalue weighted by atomic mass is 10.2. The Kier molecular flexibility index (Phi) is 4.34. The van der Waals surface area contributed by atoms with E-state index >= 15 is 0 Å². The lowest BCUT2D eigenvalue weighted by Crippen LogP contribution is -2.43. The minimum Gasteiger partial charge on any atom is -0.486 e. The van der Waals surface area contributed by atoms with E-state index in [9.17, 15) is 9.59 Å². The molecule has 26 heavy (non-hydrogen) atoms. The summed E-state index contributed by atoms with van der Waals surface area (Å²) in [5, 5.41) is 2.35. The van der Waals surface area contributed by atoms with E-state index in [1.165, 1.54) is 22.2 Å². The number of aromatic nitrogens is 2. The number of hydrogen-bond acceptors (Lipinski definition) is 6. The molecule has 0 aliphatic carbocycles. The van der Waals surface area contributed by atoms with Crippen molar-refractivity contribution in [2.45, 2.75) is 12.6 Å². The molecule has 1 unspecified atom stereocenters. The first-order valence-electron chi connectivity index (χ1n) is 8.17. The highest BCUT2D eigenvalue weighted by molar-refractivity contribution is 7.16. The summed E-state index contributed by atoms with van der Waals surface area (Å²) in [4.78, 5) is 31.3.